The lowest BCUT2D eigenvalue weighted by Gasteiger charge is -2.11. The highest BCUT2D eigenvalue weighted by atomic mass is 16.5. The molecule has 2 heterocycles. The third kappa shape index (κ3) is 8.28. The second-order valence-electron chi connectivity index (χ2n) is 11.4. The fourth-order valence-electron chi connectivity index (χ4n) is 4.93. The molecule has 0 saturated heterocycles. The zero-order valence-electron chi connectivity index (χ0n) is 26.5. The van der Waals surface area contributed by atoms with Gasteiger partial charge in [0, 0.05) is 50.9 Å². The van der Waals surface area contributed by atoms with Crippen LogP contribution in [0.2, 0.25) is 0 Å². The Morgan fingerprint density at radius 3 is 1.77 bits per heavy atom. The van der Waals surface area contributed by atoms with Crippen molar-refractivity contribution in [1.29, 1.82) is 0 Å². The molecule has 10 heteroatoms. The summed E-state index contributed by atoms with van der Waals surface area (Å²) in [5.74, 6) is 3.88. The van der Waals surface area contributed by atoms with Gasteiger partial charge in [0.15, 0.2) is 0 Å². The van der Waals surface area contributed by atoms with Crippen LogP contribution in [0.3, 0.4) is 0 Å². The number of rotatable bonds is 17. The normalized spacial score (nSPS) is 11.7. The lowest BCUT2D eigenvalue weighted by Crippen LogP contribution is -2.15. The third-order valence-electron chi connectivity index (χ3n) is 7.20. The molecule has 0 fully saturated rings. The van der Waals surface area contributed by atoms with Gasteiger partial charge in [-0.25, -0.2) is 9.97 Å². The van der Waals surface area contributed by atoms with Crippen molar-refractivity contribution in [1.82, 2.24) is 29.7 Å². The molecule has 5 rings (SSSR count). The third-order valence-corrected chi connectivity index (χ3v) is 7.20. The van der Waals surface area contributed by atoms with Crippen LogP contribution in [0.1, 0.15) is 19.3 Å². The monoisotopic (exact) mass is 600 g/mol. The minimum atomic E-state index is 0.518. The molecular formula is C34H44N6O4. The Hall–Kier alpha value is -4.12. The van der Waals surface area contributed by atoms with E-state index in [9.17, 15) is 0 Å². The van der Waals surface area contributed by atoms with Crippen LogP contribution in [0, 0.1) is 0 Å². The van der Waals surface area contributed by atoms with Gasteiger partial charge in [0.2, 0.25) is 0 Å². The van der Waals surface area contributed by atoms with Gasteiger partial charge in [0.05, 0.1) is 47.5 Å². The number of methoxy groups -OCH3 is 1. The number of aromatic nitrogens is 4. The molecule has 44 heavy (non-hydrogen) atoms. The van der Waals surface area contributed by atoms with Gasteiger partial charge in [-0.05, 0) is 77.4 Å². The molecule has 2 N–H and O–H groups in total. The second kappa shape index (κ2) is 15.1. The fourth-order valence-corrected chi connectivity index (χ4v) is 4.93. The average Bonchev–Trinajstić information content (AvgIpc) is 3.63. The molecule has 0 amide bonds. The molecule has 0 aliphatic carbocycles. The van der Waals surface area contributed by atoms with Gasteiger partial charge in [-0.15, -0.1) is 0 Å². The van der Waals surface area contributed by atoms with Crippen molar-refractivity contribution < 1.29 is 18.9 Å². The van der Waals surface area contributed by atoms with E-state index in [1.165, 1.54) is 0 Å². The largest absolute Gasteiger partial charge is 0.493 e. The zero-order chi connectivity index (χ0) is 30.9. The van der Waals surface area contributed by atoms with Gasteiger partial charge in [-0.3, -0.25) is 0 Å². The number of hydrogen-bond donors (Lipinski definition) is 2. The predicted molar refractivity (Wildman–Crippen MR) is 176 cm³/mol. The minimum Gasteiger partial charge on any atom is -0.493 e. The standard InChI is InChI=1S/C34H44N6O4/c1-39(2)15-6-18-42-25-10-13-28-30(22-25)37-33(35-28)24-9-12-27(32(21-24)44-20-8-17-41-5)34-36-29-14-11-26(23-31(29)38-34)43-19-7-16-40(3)4/h9-14,21-23H,6-8,15-20H2,1-5H3,(H,35,37)(H,36,38). The van der Waals surface area contributed by atoms with Gasteiger partial charge >= 0.3 is 0 Å². The molecule has 3 aromatic carbocycles. The van der Waals surface area contributed by atoms with Crippen molar-refractivity contribution >= 4 is 22.1 Å². The van der Waals surface area contributed by atoms with E-state index in [0.717, 1.165) is 94.4 Å². The second-order valence-corrected chi connectivity index (χ2v) is 11.4. The van der Waals surface area contributed by atoms with Gasteiger partial charge in [0.25, 0.3) is 0 Å². The maximum absolute atomic E-state index is 6.29. The average molecular weight is 601 g/mol. The summed E-state index contributed by atoms with van der Waals surface area (Å²) in [7, 11) is 9.96. The van der Waals surface area contributed by atoms with Gasteiger partial charge < -0.3 is 38.7 Å². The first-order valence-corrected chi connectivity index (χ1v) is 15.2. The lowest BCUT2D eigenvalue weighted by atomic mass is 10.1. The van der Waals surface area contributed by atoms with E-state index in [1.807, 2.05) is 54.6 Å². The molecule has 0 saturated carbocycles. The summed E-state index contributed by atoms with van der Waals surface area (Å²) in [6, 6.07) is 18.0. The molecule has 0 aliphatic heterocycles. The van der Waals surface area contributed by atoms with E-state index in [2.05, 4.69) is 48.0 Å². The highest BCUT2D eigenvalue weighted by Gasteiger charge is 2.15. The Morgan fingerprint density at radius 1 is 0.614 bits per heavy atom. The number of fused-ring (bicyclic) bond motifs is 2. The Labute approximate surface area is 259 Å². The number of imidazole rings is 2. The summed E-state index contributed by atoms with van der Waals surface area (Å²) in [5.41, 5.74) is 5.38. The molecule has 0 unspecified atom stereocenters. The summed E-state index contributed by atoms with van der Waals surface area (Å²) >= 11 is 0. The Morgan fingerprint density at radius 2 is 1.18 bits per heavy atom. The van der Waals surface area contributed by atoms with Crippen LogP contribution in [0.4, 0.5) is 0 Å². The van der Waals surface area contributed by atoms with Crippen LogP contribution in [0.5, 0.6) is 17.2 Å². The molecule has 0 radical (unpaired) electrons. The van der Waals surface area contributed by atoms with Crippen molar-refractivity contribution in [2.45, 2.75) is 19.3 Å². The van der Waals surface area contributed by atoms with Crippen molar-refractivity contribution in [2.24, 2.45) is 0 Å². The maximum Gasteiger partial charge on any atom is 0.142 e. The molecule has 2 aromatic heterocycles. The first kappa shape index (κ1) is 31.3. The van der Waals surface area contributed by atoms with Gasteiger partial charge in [-0.1, -0.05) is 6.07 Å². The number of hydrogen-bond acceptors (Lipinski definition) is 8. The number of benzene rings is 3. The molecule has 10 nitrogen and oxygen atoms in total. The lowest BCUT2D eigenvalue weighted by molar-refractivity contribution is 0.172. The number of nitrogens with one attached hydrogen (secondary N) is 2. The SMILES string of the molecule is COCCCOc1cc(-c2nc3ccc(OCCCN(C)C)cc3[nH]2)ccc1-c1nc2ccc(OCCCN(C)C)cc2[nH]1. The molecule has 5 aromatic rings. The fraction of sp³-hybridized carbons (Fsp3) is 0.412. The summed E-state index contributed by atoms with van der Waals surface area (Å²) in [4.78, 5) is 21.0. The molecule has 0 bridgehead atoms. The maximum atomic E-state index is 6.29. The first-order valence-electron chi connectivity index (χ1n) is 15.2. The van der Waals surface area contributed by atoms with E-state index in [-0.39, 0.29) is 0 Å². The summed E-state index contributed by atoms with van der Waals surface area (Å²) in [6.07, 6.45) is 2.71. The molecular weight excluding hydrogens is 556 g/mol. The molecule has 234 valence electrons. The first-order chi connectivity index (χ1) is 21.4. The topological polar surface area (TPSA) is 101 Å². The molecule has 0 atom stereocenters. The number of H-pyrrole nitrogens is 2. The predicted octanol–water partition coefficient (Wildman–Crippen LogP) is 5.85. The van der Waals surface area contributed by atoms with Crippen molar-refractivity contribution in [3.05, 3.63) is 54.6 Å². The molecule has 0 aliphatic rings. The van der Waals surface area contributed by atoms with E-state index in [4.69, 9.17) is 28.9 Å². The van der Waals surface area contributed by atoms with Gasteiger partial charge in [-0.2, -0.15) is 0 Å². The smallest absolute Gasteiger partial charge is 0.142 e. The highest BCUT2D eigenvalue weighted by Crippen LogP contribution is 2.35. The summed E-state index contributed by atoms with van der Waals surface area (Å²) in [5, 5.41) is 0. The Kier molecular flexibility index (Phi) is 10.7. The number of ether oxygens (including phenoxy) is 4. The van der Waals surface area contributed by atoms with Gasteiger partial charge in [0.1, 0.15) is 28.9 Å². The Balaban J connectivity index is 1.37. The van der Waals surface area contributed by atoms with Crippen molar-refractivity contribution in [3.63, 3.8) is 0 Å². The van der Waals surface area contributed by atoms with Crippen LogP contribution >= 0.6 is 0 Å². The van der Waals surface area contributed by atoms with Crippen LogP contribution in [-0.2, 0) is 4.74 Å². The van der Waals surface area contributed by atoms with E-state index < -0.39 is 0 Å². The molecule has 0 spiro atoms. The van der Waals surface area contributed by atoms with Crippen LogP contribution in [0.25, 0.3) is 44.8 Å². The number of nitrogens with zero attached hydrogens (tertiary/aromatic N) is 4. The van der Waals surface area contributed by atoms with Crippen molar-refractivity contribution in [2.75, 3.05) is 74.8 Å². The highest BCUT2D eigenvalue weighted by molar-refractivity contribution is 5.84. The van der Waals surface area contributed by atoms with E-state index in [0.29, 0.717) is 26.4 Å². The van der Waals surface area contributed by atoms with Crippen LogP contribution < -0.4 is 14.2 Å². The zero-order valence-corrected chi connectivity index (χ0v) is 26.5. The van der Waals surface area contributed by atoms with E-state index in [1.54, 1.807) is 7.11 Å². The quantitative estimate of drug-likeness (QED) is 0.128. The minimum absolute atomic E-state index is 0.518. The summed E-state index contributed by atoms with van der Waals surface area (Å²) < 4.78 is 23.5. The van der Waals surface area contributed by atoms with Crippen LogP contribution in [-0.4, -0.2) is 105 Å². The van der Waals surface area contributed by atoms with Crippen molar-refractivity contribution in [3.8, 4) is 40.0 Å². The van der Waals surface area contributed by atoms with E-state index >= 15 is 0 Å². The Bertz CT molecular complexity index is 1640. The number of aromatic amines is 2. The summed E-state index contributed by atoms with van der Waals surface area (Å²) in [6.45, 7) is 4.45. The van der Waals surface area contributed by atoms with Crippen LogP contribution in [0.15, 0.2) is 54.6 Å².